The molecule has 1 aromatic rings. The average molecular weight is 286 g/mol. The van der Waals surface area contributed by atoms with Crippen molar-refractivity contribution < 1.29 is 4.79 Å². The zero-order valence-corrected chi connectivity index (χ0v) is 13.0. The largest absolute Gasteiger partial charge is 0.317 e. The van der Waals surface area contributed by atoms with E-state index in [-0.39, 0.29) is 0 Å². The van der Waals surface area contributed by atoms with Crippen molar-refractivity contribution in [3.05, 3.63) is 29.8 Å². The van der Waals surface area contributed by atoms with Crippen molar-refractivity contribution in [1.29, 1.82) is 0 Å². The molecule has 1 amide bonds. The molecule has 0 aromatic heterocycles. The molecule has 3 rings (SSSR count). The molecule has 2 unspecified atom stereocenters. The van der Waals surface area contributed by atoms with E-state index in [4.69, 9.17) is 0 Å². The first kappa shape index (κ1) is 14.6. The zero-order valence-electron chi connectivity index (χ0n) is 13.0. The Morgan fingerprint density at radius 1 is 1.19 bits per heavy atom. The highest BCUT2D eigenvalue weighted by atomic mass is 16.2. The van der Waals surface area contributed by atoms with E-state index in [2.05, 4.69) is 36.6 Å². The minimum Gasteiger partial charge on any atom is -0.317 e. The fraction of sp³-hybridized carbons (Fsp3) is 0.611. The zero-order chi connectivity index (χ0) is 14.7. The number of nitrogens with zero attached hydrogens (tertiary/aromatic N) is 1. The van der Waals surface area contributed by atoms with Crippen molar-refractivity contribution >= 4 is 11.6 Å². The van der Waals surface area contributed by atoms with Gasteiger partial charge in [0.05, 0.1) is 0 Å². The average Bonchev–Trinajstić information content (AvgIpc) is 2.90. The highest BCUT2D eigenvalue weighted by molar-refractivity contribution is 5.94. The molecule has 0 bridgehead atoms. The molecule has 1 aliphatic carbocycles. The molecule has 2 atom stereocenters. The monoisotopic (exact) mass is 286 g/mol. The number of benzene rings is 1. The van der Waals surface area contributed by atoms with Crippen LogP contribution in [0.4, 0.5) is 5.69 Å². The summed E-state index contributed by atoms with van der Waals surface area (Å²) in [6.45, 7) is 0.874. The van der Waals surface area contributed by atoms with Crippen LogP contribution >= 0.6 is 0 Å². The SMILES string of the molecule is CNC1CCCC1CCN1C(=O)CCCc2ccccc21. The maximum absolute atomic E-state index is 12.4. The van der Waals surface area contributed by atoms with Crippen LogP contribution in [0.2, 0.25) is 0 Å². The first-order valence-electron chi connectivity index (χ1n) is 8.35. The van der Waals surface area contributed by atoms with Crippen LogP contribution in [-0.4, -0.2) is 25.5 Å². The van der Waals surface area contributed by atoms with Gasteiger partial charge < -0.3 is 10.2 Å². The highest BCUT2D eigenvalue weighted by Crippen LogP contribution is 2.31. The minimum absolute atomic E-state index is 0.305. The van der Waals surface area contributed by atoms with E-state index in [1.54, 1.807) is 0 Å². The normalized spacial score (nSPS) is 25.8. The summed E-state index contributed by atoms with van der Waals surface area (Å²) in [6, 6.07) is 9.06. The summed E-state index contributed by atoms with van der Waals surface area (Å²) in [5, 5.41) is 3.44. The molecular weight excluding hydrogens is 260 g/mol. The second kappa shape index (κ2) is 6.61. The van der Waals surface area contributed by atoms with Crippen molar-refractivity contribution in [2.75, 3.05) is 18.5 Å². The Balaban J connectivity index is 1.72. The summed E-state index contributed by atoms with van der Waals surface area (Å²) in [5.74, 6) is 1.03. The number of hydrogen-bond acceptors (Lipinski definition) is 2. The number of nitrogens with one attached hydrogen (secondary N) is 1. The Bertz CT molecular complexity index is 500. The van der Waals surface area contributed by atoms with Crippen LogP contribution in [-0.2, 0) is 11.2 Å². The fourth-order valence-electron chi connectivity index (χ4n) is 3.99. The van der Waals surface area contributed by atoms with Gasteiger partial charge in [0.15, 0.2) is 0 Å². The van der Waals surface area contributed by atoms with E-state index in [9.17, 15) is 4.79 Å². The molecule has 114 valence electrons. The molecule has 1 saturated carbocycles. The van der Waals surface area contributed by atoms with E-state index in [1.165, 1.54) is 24.8 Å². The van der Waals surface area contributed by atoms with E-state index in [0.29, 0.717) is 18.4 Å². The molecule has 1 aromatic carbocycles. The number of carbonyl (C=O) groups is 1. The van der Waals surface area contributed by atoms with Crippen molar-refractivity contribution in [1.82, 2.24) is 5.32 Å². The van der Waals surface area contributed by atoms with E-state index >= 15 is 0 Å². The van der Waals surface area contributed by atoms with E-state index < -0.39 is 0 Å². The van der Waals surface area contributed by atoms with E-state index in [1.807, 2.05) is 4.90 Å². The molecule has 3 nitrogen and oxygen atoms in total. The molecule has 0 spiro atoms. The van der Waals surface area contributed by atoms with Crippen molar-refractivity contribution in [3.63, 3.8) is 0 Å². The van der Waals surface area contributed by atoms with E-state index in [0.717, 1.165) is 37.4 Å². The van der Waals surface area contributed by atoms with Crippen LogP contribution in [0.25, 0.3) is 0 Å². The lowest BCUT2D eigenvalue weighted by molar-refractivity contribution is -0.118. The topological polar surface area (TPSA) is 32.3 Å². The molecule has 21 heavy (non-hydrogen) atoms. The van der Waals surface area contributed by atoms with Gasteiger partial charge in [0.2, 0.25) is 5.91 Å². The third kappa shape index (κ3) is 3.13. The summed E-state index contributed by atoms with van der Waals surface area (Å²) in [7, 11) is 2.06. The third-order valence-electron chi connectivity index (χ3n) is 5.17. The van der Waals surface area contributed by atoms with Crippen LogP contribution in [0, 0.1) is 5.92 Å². The molecule has 0 radical (unpaired) electrons. The molecule has 1 aliphatic heterocycles. The Hall–Kier alpha value is -1.35. The van der Waals surface area contributed by atoms with Crippen LogP contribution in [0.3, 0.4) is 0 Å². The molecule has 2 aliphatic rings. The van der Waals surface area contributed by atoms with Gasteiger partial charge in [0, 0.05) is 24.7 Å². The fourth-order valence-corrected chi connectivity index (χ4v) is 3.99. The lowest BCUT2D eigenvalue weighted by Crippen LogP contribution is -2.35. The number of anilines is 1. The minimum atomic E-state index is 0.305. The van der Waals surface area contributed by atoms with Crippen LogP contribution in [0.15, 0.2) is 24.3 Å². The van der Waals surface area contributed by atoms with Crippen LogP contribution in [0.5, 0.6) is 0 Å². The van der Waals surface area contributed by atoms with Gasteiger partial charge in [-0.25, -0.2) is 0 Å². The summed E-state index contributed by atoms with van der Waals surface area (Å²) < 4.78 is 0. The second-order valence-electron chi connectivity index (χ2n) is 6.40. The number of aryl methyl sites for hydroxylation is 1. The predicted molar refractivity (Wildman–Crippen MR) is 86.5 cm³/mol. The standard InChI is InChI=1S/C18H26N2O/c1-19-16-9-4-7-14(16)12-13-20-17-10-3-2-6-15(17)8-5-11-18(20)21/h2-3,6,10,14,16,19H,4-5,7-9,11-13H2,1H3. The molecule has 1 N–H and O–H groups in total. The van der Waals surface area contributed by atoms with Gasteiger partial charge in [-0.3, -0.25) is 4.79 Å². The predicted octanol–water partition coefficient (Wildman–Crippen LogP) is 3.13. The van der Waals surface area contributed by atoms with Crippen LogP contribution < -0.4 is 10.2 Å². The number of para-hydroxylation sites is 1. The third-order valence-corrected chi connectivity index (χ3v) is 5.17. The van der Waals surface area contributed by atoms with Crippen molar-refractivity contribution in [2.24, 2.45) is 5.92 Å². The first-order valence-corrected chi connectivity index (χ1v) is 8.35. The maximum atomic E-state index is 12.4. The molecule has 3 heteroatoms. The number of fused-ring (bicyclic) bond motifs is 1. The highest BCUT2D eigenvalue weighted by Gasteiger charge is 2.28. The van der Waals surface area contributed by atoms with Gasteiger partial charge in [0.1, 0.15) is 0 Å². The van der Waals surface area contributed by atoms with Crippen molar-refractivity contribution in [2.45, 2.75) is 51.0 Å². The number of rotatable bonds is 4. The lowest BCUT2D eigenvalue weighted by atomic mass is 9.99. The summed E-state index contributed by atoms with van der Waals surface area (Å²) in [4.78, 5) is 14.5. The summed E-state index contributed by atoms with van der Waals surface area (Å²) >= 11 is 0. The smallest absolute Gasteiger partial charge is 0.226 e. The second-order valence-corrected chi connectivity index (χ2v) is 6.40. The van der Waals surface area contributed by atoms with Gasteiger partial charge in [-0.05, 0) is 56.7 Å². The van der Waals surface area contributed by atoms with Gasteiger partial charge in [-0.2, -0.15) is 0 Å². The molecule has 1 fully saturated rings. The number of carbonyl (C=O) groups excluding carboxylic acids is 1. The Labute approximate surface area is 127 Å². The van der Waals surface area contributed by atoms with Crippen LogP contribution in [0.1, 0.15) is 44.1 Å². The molecule has 1 heterocycles. The Morgan fingerprint density at radius 2 is 2.05 bits per heavy atom. The summed E-state index contributed by atoms with van der Waals surface area (Å²) in [5.41, 5.74) is 2.49. The summed E-state index contributed by atoms with van der Waals surface area (Å²) in [6.07, 6.45) is 7.72. The quantitative estimate of drug-likeness (QED) is 0.922. The maximum Gasteiger partial charge on any atom is 0.226 e. The Morgan fingerprint density at radius 3 is 2.90 bits per heavy atom. The molecule has 0 saturated heterocycles. The van der Waals surface area contributed by atoms with Gasteiger partial charge in [0.25, 0.3) is 0 Å². The number of hydrogen-bond donors (Lipinski definition) is 1. The Kier molecular flexibility index (Phi) is 4.59. The van der Waals surface area contributed by atoms with Gasteiger partial charge >= 0.3 is 0 Å². The molecular formula is C18H26N2O. The van der Waals surface area contributed by atoms with Gasteiger partial charge in [-0.15, -0.1) is 0 Å². The first-order chi connectivity index (χ1) is 10.3. The van der Waals surface area contributed by atoms with Crippen molar-refractivity contribution in [3.8, 4) is 0 Å². The lowest BCUT2D eigenvalue weighted by Gasteiger charge is -2.26. The number of amides is 1. The van der Waals surface area contributed by atoms with Gasteiger partial charge in [-0.1, -0.05) is 24.6 Å².